The van der Waals surface area contributed by atoms with E-state index < -0.39 is 0 Å². The molecule has 0 N–H and O–H groups in total. The van der Waals surface area contributed by atoms with E-state index in [9.17, 15) is 4.79 Å². The maximum absolute atomic E-state index is 10.8. The van der Waals surface area contributed by atoms with Crippen LogP contribution in [0.25, 0.3) is 0 Å². The van der Waals surface area contributed by atoms with Gasteiger partial charge in [-0.1, -0.05) is 18.2 Å². The molecule has 3 nitrogen and oxygen atoms in total. The summed E-state index contributed by atoms with van der Waals surface area (Å²) in [5.74, 6) is 0. The first-order valence-corrected chi connectivity index (χ1v) is 6.20. The van der Waals surface area contributed by atoms with E-state index in [-0.39, 0.29) is 0 Å². The van der Waals surface area contributed by atoms with Crippen molar-refractivity contribution < 1.29 is 4.79 Å². The molecular weight excluding hydrogens is 232 g/mol. The van der Waals surface area contributed by atoms with Crippen LogP contribution < -0.4 is 4.90 Å². The third-order valence-corrected chi connectivity index (χ3v) is 3.62. The summed E-state index contributed by atoms with van der Waals surface area (Å²) < 4.78 is 0. The normalized spacial score (nSPS) is 10.2. The molecule has 17 heavy (non-hydrogen) atoms. The molecular formula is C13H14N2OS. The number of carbonyl (C=O) groups excluding carboxylic acids is 1. The lowest BCUT2D eigenvalue weighted by Crippen LogP contribution is -2.15. The molecule has 0 saturated carbocycles. The average Bonchev–Trinajstić information content (AvgIpc) is 2.70. The lowest BCUT2D eigenvalue weighted by atomic mass is 10.3. The fraction of sp³-hybridized carbons (Fsp3) is 0.231. The zero-order chi connectivity index (χ0) is 12.3. The Morgan fingerprint density at radius 2 is 2.06 bits per heavy atom. The zero-order valence-corrected chi connectivity index (χ0v) is 10.7. The van der Waals surface area contributed by atoms with Gasteiger partial charge in [-0.2, -0.15) is 0 Å². The molecule has 2 aromatic rings. The largest absolute Gasteiger partial charge is 0.368 e. The molecule has 0 aliphatic carbocycles. The summed E-state index contributed by atoms with van der Waals surface area (Å²) in [6.07, 6.45) is 0.874. The number of rotatable bonds is 4. The highest BCUT2D eigenvalue weighted by atomic mass is 32.1. The lowest BCUT2D eigenvalue weighted by molar-refractivity contribution is 0.112. The van der Waals surface area contributed by atoms with Crippen molar-refractivity contribution in [3.05, 3.63) is 45.9 Å². The number of aryl methyl sites for hydroxylation is 1. The lowest BCUT2D eigenvalue weighted by Gasteiger charge is -2.17. The van der Waals surface area contributed by atoms with Crippen molar-refractivity contribution >= 4 is 23.3 Å². The summed E-state index contributed by atoms with van der Waals surface area (Å²) >= 11 is 1.46. The molecule has 1 aromatic carbocycles. The monoisotopic (exact) mass is 246 g/mol. The number of nitrogens with zero attached hydrogens (tertiary/aromatic N) is 2. The second kappa shape index (κ2) is 5.10. The number of carbonyl (C=O) groups is 1. The molecule has 0 amide bonds. The number of hydrogen-bond donors (Lipinski definition) is 0. The van der Waals surface area contributed by atoms with Gasteiger partial charge >= 0.3 is 0 Å². The number of thiazole rings is 1. The van der Waals surface area contributed by atoms with Gasteiger partial charge in [-0.25, -0.2) is 4.98 Å². The summed E-state index contributed by atoms with van der Waals surface area (Å²) in [7, 11) is 2.02. The molecule has 0 bridgehead atoms. The fourth-order valence-corrected chi connectivity index (χ4v) is 2.56. The van der Waals surface area contributed by atoms with E-state index in [1.165, 1.54) is 11.3 Å². The number of para-hydroxylation sites is 1. The standard InChI is InChI=1S/C13H14N2OS/c1-10-12(9-16)17-13(14-10)8-15(2)11-6-4-3-5-7-11/h3-7,9H,8H2,1-2H3. The predicted molar refractivity (Wildman–Crippen MR) is 70.8 cm³/mol. The van der Waals surface area contributed by atoms with Crippen molar-refractivity contribution in [1.29, 1.82) is 0 Å². The van der Waals surface area contributed by atoms with E-state index in [1.807, 2.05) is 32.2 Å². The van der Waals surface area contributed by atoms with Gasteiger partial charge in [0.1, 0.15) is 5.01 Å². The van der Waals surface area contributed by atoms with Crippen molar-refractivity contribution in [1.82, 2.24) is 4.98 Å². The van der Waals surface area contributed by atoms with Gasteiger partial charge in [0, 0.05) is 12.7 Å². The van der Waals surface area contributed by atoms with Crippen LogP contribution in [-0.4, -0.2) is 18.3 Å². The van der Waals surface area contributed by atoms with Gasteiger partial charge in [0.2, 0.25) is 0 Å². The van der Waals surface area contributed by atoms with E-state index in [4.69, 9.17) is 0 Å². The van der Waals surface area contributed by atoms with E-state index in [2.05, 4.69) is 22.0 Å². The van der Waals surface area contributed by atoms with Crippen molar-refractivity contribution in [2.24, 2.45) is 0 Å². The molecule has 0 saturated heterocycles. The summed E-state index contributed by atoms with van der Waals surface area (Å²) in [6, 6.07) is 10.1. The average molecular weight is 246 g/mol. The highest BCUT2D eigenvalue weighted by Crippen LogP contribution is 2.20. The molecule has 0 radical (unpaired) electrons. The van der Waals surface area contributed by atoms with Crippen LogP contribution in [0.2, 0.25) is 0 Å². The second-order valence-electron chi connectivity index (χ2n) is 3.87. The highest BCUT2D eigenvalue weighted by molar-refractivity contribution is 7.13. The summed E-state index contributed by atoms with van der Waals surface area (Å²) in [5, 5.41) is 0.968. The van der Waals surface area contributed by atoms with Crippen LogP contribution in [0.5, 0.6) is 0 Å². The maximum Gasteiger partial charge on any atom is 0.161 e. The third-order valence-electron chi connectivity index (χ3n) is 2.55. The molecule has 0 aliphatic rings. The number of anilines is 1. The van der Waals surface area contributed by atoms with Crippen molar-refractivity contribution in [3.63, 3.8) is 0 Å². The number of aldehydes is 1. The summed E-state index contributed by atoms with van der Waals surface area (Å²) in [5.41, 5.74) is 1.97. The van der Waals surface area contributed by atoms with Crippen LogP contribution in [0.1, 0.15) is 20.4 Å². The number of benzene rings is 1. The number of hydrogen-bond acceptors (Lipinski definition) is 4. The highest BCUT2D eigenvalue weighted by Gasteiger charge is 2.09. The van der Waals surface area contributed by atoms with Crippen LogP contribution in [0, 0.1) is 6.92 Å². The van der Waals surface area contributed by atoms with Crippen molar-refractivity contribution in [2.45, 2.75) is 13.5 Å². The van der Waals surface area contributed by atoms with Crippen LogP contribution in [0.3, 0.4) is 0 Å². The minimum atomic E-state index is 0.724. The Hall–Kier alpha value is -1.68. The quantitative estimate of drug-likeness (QED) is 0.778. The van der Waals surface area contributed by atoms with E-state index >= 15 is 0 Å². The Morgan fingerprint density at radius 3 is 2.65 bits per heavy atom. The first kappa shape index (κ1) is 11.8. The van der Waals surface area contributed by atoms with Gasteiger partial charge in [-0.15, -0.1) is 11.3 Å². The molecule has 0 fully saturated rings. The topological polar surface area (TPSA) is 33.2 Å². The Balaban J connectivity index is 2.13. The molecule has 1 aromatic heterocycles. The van der Waals surface area contributed by atoms with Gasteiger partial charge in [-0.3, -0.25) is 4.79 Å². The molecule has 4 heteroatoms. The molecule has 0 aliphatic heterocycles. The SMILES string of the molecule is Cc1nc(CN(C)c2ccccc2)sc1C=O. The molecule has 0 unspecified atom stereocenters. The van der Waals surface area contributed by atoms with Crippen LogP contribution >= 0.6 is 11.3 Å². The molecule has 88 valence electrons. The van der Waals surface area contributed by atoms with E-state index in [0.717, 1.165) is 34.1 Å². The van der Waals surface area contributed by atoms with E-state index in [0.29, 0.717) is 0 Å². The number of aromatic nitrogens is 1. The van der Waals surface area contributed by atoms with Crippen LogP contribution in [-0.2, 0) is 6.54 Å². The minimum absolute atomic E-state index is 0.724. The third kappa shape index (κ3) is 2.71. The zero-order valence-electron chi connectivity index (χ0n) is 9.88. The van der Waals surface area contributed by atoms with Crippen LogP contribution in [0.15, 0.2) is 30.3 Å². The maximum atomic E-state index is 10.8. The second-order valence-corrected chi connectivity index (χ2v) is 4.98. The molecule has 0 spiro atoms. The predicted octanol–water partition coefficient (Wildman–Crippen LogP) is 2.90. The smallest absolute Gasteiger partial charge is 0.161 e. The van der Waals surface area contributed by atoms with Crippen molar-refractivity contribution in [3.8, 4) is 0 Å². The van der Waals surface area contributed by atoms with Gasteiger partial charge in [0.15, 0.2) is 6.29 Å². The minimum Gasteiger partial charge on any atom is -0.368 e. The summed E-state index contributed by atoms with van der Waals surface area (Å²) in [4.78, 5) is 18.0. The summed E-state index contributed by atoms with van der Waals surface area (Å²) in [6.45, 7) is 2.59. The van der Waals surface area contributed by atoms with Gasteiger partial charge in [0.25, 0.3) is 0 Å². The first-order valence-electron chi connectivity index (χ1n) is 5.38. The Labute approximate surface area is 105 Å². The molecule has 0 atom stereocenters. The molecule has 2 rings (SSSR count). The Kier molecular flexibility index (Phi) is 3.54. The van der Waals surface area contributed by atoms with Gasteiger partial charge in [0.05, 0.1) is 17.1 Å². The van der Waals surface area contributed by atoms with Gasteiger partial charge in [-0.05, 0) is 19.1 Å². The fourth-order valence-electron chi connectivity index (χ4n) is 1.62. The van der Waals surface area contributed by atoms with Crippen LogP contribution in [0.4, 0.5) is 5.69 Å². The van der Waals surface area contributed by atoms with Crippen molar-refractivity contribution in [2.75, 3.05) is 11.9 Å². The van der Waals surface area contributed by atoms with Gasteiger partial charge < -0.3 is 4.90 Å². The Morgan fingerprint density at radius 1 is 1.35 bits per heavy atom. The van der Waals surface area contributed by atoms with E-state index in [1.54, 1.807) is 0 Å². The first-order chi connectivity index (χ1) is 8.20. The molecule has 1 heterocycles. The Bertz CT molecular complexity index is 507.